The highest BCUT2D eigenvalue weighted by molar-refractivity contribution is 5.88. The number of ether oxygens (including phenoxy) is 1. The highest BCUT2D eigenvalue weighted by Gasteiger charge is 2.27. The van der Waals surface area contributed by atoms with Gasteiger partial charge in [-0.2, -0.15) is 0 Å². The summed E-state index contributed by atoms with van der Waals surface area (Å²) in [6.07, 6.45) is 2.62. The number of carbonyl (C=O) groups is 1. The number of amides is 2. The minimum absolute atomic E-state index is 0.271. The van der Waals surface area contributed by atoms with E-state index in [1.165, 1.54) is 5.56 Å². The van der Waals surface area contributed by atoms with E-state index in [4.69, 9.17) is 14.7 Å². The minimum atomic E-state index is -0.271. The fourth-order valence-electron chi connectivity index (χ4n) is 3.67. The number of aromatic nitrogens is 3. The van der Waals surface area contributed by atoms with Crippen molar-refractivity contribution in [2.24, 2.45) is 0 Å². The van der Waals surface area contributed by atoms with E-state index in [0.29, 0.717) is 31.4 Å². The molecule has 154 valence electrons. The highest BCUT2D eigenvalue weighted by atomic mass is 16.5. The SMILES string of the molecule is CCNC(=O)Nc1ccc(-c2nc3c(c(N4CCOCC4C)n2)CCNC3)cn1. The van der Waals surface area contributed by atoms with Crippen molar-refractivity contribution in [1.29, 1.82) is 0 Å². The molecule has 1 unspecified atom stereocenters. The third-order valence-electron chi connectivity index (χ3n) is 5.16. The summed E-state index contributed by atoms with van der Waals surface area (Å²) in [5, 5.41) is 8.79. The van der Waals surface area contributed by atoms with Gasteiger partial charge in [0.1, 0.15) is 11.6 Å². The summed E-state index contributed by atoms with van der Waals surface area (Å²) in [4.78, 5) is 28.1. The molecular weight excluding hydrogens is 370 g/mol. The van der Waals surface area contributed by atoms with Crippen molar-refractivity contribution in [3.8, 4) is 11.4 Å². The summed E-state index contributed by atoms with van der Waals surface area (Å²) >= 11 is 0. The molecule has 2 aliphatic rings. The van der Waals surface area contributed by atoms with Crippen LogP contribution in [0.4, 0.5) is 16.4 Å². The van der Waals surface area contributed by atoms with Crippen molar-refractivity contribution in [2.45, 2.75) is 32.9 Å². The van der Waals surface area contributed by atoms with Gasteiger partial charge in [-0.15, -0.1) is 0 Å². The van der Waals surface area contributed by atoms with Crippen LogP contribution in [0.2, 0.25) is 0 Å². The lowest BCUT2D eigenvalue weighted by atomic mass is 10.0. The first-order chi connectivity index (χ1) is 14.2. The molecule has 2 aromatic rings. The molecule has 9 heteroatoms. The molecule has 1 saturated heterocycles. The van der Waals surface area contributed by atoms with Crippen molar-refractivity contribution in [1.82, 2.24) is 25.6 Å². The molecule has 2 amide bonds. The molecule has 0 aliphatic carbocycles. The van der Waals surface area contributed by atoms with Gasteiger partial charge < -0.3 is 20.3 Å². The minimum Gasteiger partial charge on any atom is -0.377 e. The van der Waals surface area contributed by atoms with E-state index < -0.39 is 0 Å². The van der Waals surface area contributed by atoms with Crippen LogP contribution in [0.3, 0.4) is 0 Å². The summed E-state index contributed by atoms with van der Waals surface area (Å²) < 4.78 is 5.61. The maximum absolute atomic E-state index is 11.7. The Balaban J connectivity index is 1.65. The Morgan fingerprint density at radius 1 is 1.38 bits per heavy atom. The molecule has 2 aromatic heterocycles. The van der Waals surface area contributed by atoms with E-state index in [1.54, 1.807) is 12.3 Å². The van der Waals surface area contributed by atoms with Gasteiger partial charge in [0, 0.05) is 37.0 Å². The van der Waals surface area contributed by atoms with Crippen LogP contribution >= 0.6 is 0 Å². The maximum atomic E-state index is 11.7. The maximum Gasteiger partial charge on any atom is 0.320 e. The van der Waals surface area contributed by atoms with Crippen LogP contribution in [0.25, 0.3) is 11.4 Å². The van der Waals surface area contributed by atoms with Gasteiger partial charge in [0.15, 0.2) is 5.82 Å². The Hall–Kier alpha value is -2.78. The molecular formula is C20H27N7O2. The van der Waals surface area contributed by atoms with Crippen LogP contribution in [-0.4, -0.2) is 59.9 Å². The molecule has 0 aromatic carbocycles. The Labute approximate surface area is 170 Å². The fourth-order valence-corrected chi connectivity index (χ4v) is 3.67. The van der Waals surface area contributed by atoms with Gasteiger partial charge in [-0.05, 0) is 38.9 Å². The predicted octanol–water partition coefficient (Wildman–Crippen LogP) is 1.55. The van der Waals surface area contributed by atoms with Gasteiger partial charge in [0.25, 0.3) is 0 Å². The van der Waals surface area contributed by atoms with Crippen LogP contribution in [0.5, 0.6) is 0 Å². The van der Waals surface area contributed by atoms with Gasteiger partial charge in [-0.1, -0.05) is 0 Å². The third-order valence-corrected chi connectivity index (χ3v) is 5.16. The standard InChI is InChI=1S/C20H27N7O2/c1-3-22-20(28)25-17-5-4-14(10-23-17)18-24-16-11-21-7-6-15(16)19(26-18)27-8-9-29-12-13(27)2/h4-5,10,13,21H,3,6-9,11-12H2,1-2H3,(H2,22,23,25,28). The van der Waals surface area contributed by atoms with Crippen LogP contribution in [0, 0.1) is 0 Å². The largest absolute Gasteiger partial charge is 0.377 e. The van der Waals surface area contributed by atoms with Crippen LogP contribution in [0.15, 0.2) is 18.3 Å². The quantitative estimate of drug-likeness (QED) is 0.719. The average molecular weight is 397 g/mol. The molecule has 9 nitrogen and oxygen atoms in total. The van der Waals surface area contributed by atoms with Crippen LogP contribution in [-0.2, 0) is 17.7 Å². The lowest BCUT2D eigenvalue weighted by Gasteiger charge is -2.36. The monoisotopic (exact) mass is 397 g/mol. The van der Waals surface area contributed by atoms with Crippen molar-refractivity contribution in [2.75, 3.05) is 43.1 Å². The molecule has 0 radical (unpaired) electrons. The fraction of sp³-hybridized carbons (Fsp3) is 0.500. The third kappa shape index (κ3) is 4.30. The second-order valence-electron chi connectivity index (χ2n) is 7.26. The first-order valence-corrected chi connectivity index (χ1v) is 10.1. The van der Waals surface area contributed by atoms with Gasteiger partial charge in [0.05, 0.1) is 24.9 Å². The summed E-state index contributed by atoms with van der Waals surface area (Å²) in [6.45, 7) is 8.49. The number of fused-ring (bicyclic) bond motifs is 1. The second kappa shape index (κ2) is 8.71. The van der Waals surface area contributed by atoms with E-state index in [1.807, 2.05) is 13.0 Å². The molecule has 2 aliphatic heterocycles. The number of hydrogen-bond donors (Lipinski definition) is 3. The zero-order chi connectivity index (χ0) is 20.2. The number of hydrogen-bond acceptors (Lipinski definition) is 7. The number of morpholine rings is 1. The molecule has 0 spiro atoms. The van der Waals surface area contributed by atoms with Gasteiger partial charge >= 0.3 is 6.03 Å². The molecule has 4 heterocycles. The number of carbonyl (C=O) groups excluding carboxylic acids is 1. The van der Waals surface area contributed by atoms with E-state index in [-0.39, 0.29) is 12.1 Å². The number of anilines is 2. The number of nitrogens with one attached hydrogen (secondary N) is 3. The summed E-state index contributed by atoms with van der Waals surface area (Å²) in [6, 6.07) is 3.65. The smallest absolute Gasteiger partial charge is 0.320 e. The number of pyridine rings is 1. The average Bonchev–Trinajstić information content (AvgIpc) is 2.74. The molecule has 0 bridgehead atoms. The van der Waals surface area contributed by atoms with Crippen LogP contribution < -0.4 is 20.9 Å². The topological polar surface area (TPSA) is 104 Å². The lowest BCUT2D eigenvalue weighted by Crippen LogP contribution is -2.45. The van der Waals surface area contributed by atoms with Crippen molar-refractivity contribution in [3.05, 3.63) is 29.6 Å². The van der Waals surface area contributed by atoms with Crippen molar-refractivity contribution in [3.63, 3.8) is 0 Å². The molecule has 1 atom stereocenters. The van der Waals surface area contributed by atoms with Crippen LogP contribution in [0.1, 0.15) is 25.1 Å². The molecule has 1 fully saturated rings. The van der Waals surface area contributed by atoms with Gasteiger partial charge in [-0.25, -0.2) is 19.7 Å². The van der Waals surface area contributed by atoms with E-state index in [2.05, 4.69) is 32.8 Å². The Bertz CT molecular complexity index is 872. The second-order valence-corrected chi connectivity index (χ2v) is 7.26. The van der Waals surface area contributed by atoms with Crippen molar-refractivity contribution >= 4 is 17.7 Å². The first-order valence-electron chi connectivity index (χ1n) is 10.1. The summed E-state index contributed by atoms with van der Waals surface area (Å²) in [5.41, 5.74) is 3.09. The van der Waals surface area contributed by atoms with Gasteiger partial charge in [0.2, 0.25) is 0 Å². The highest BCUT2D eigenvalue weighted by Crippen LogP contribution is 2.29. The van der Waals surface area contributed by atoms with E-state index in [9.17, 15) is 4.79 Å². The normalized spacial score (nSPS) is 18.8. The molecule has 3 N–H and O–H groups in total. The Morgan fingerprint density at radius 2 is 2.28 bits per heavy atom. The zero-order valence-corrected chi connectivity index (χ0v) is 16.9. The summed E-state index contributed by atoms with van der Waals surface area (Å²) in [5.74, 6) is 2.14. The van der Waals surface area contributed by atoms with E-state index >= 15 is 0 Å². The van der Waals surface area contributed by atoms with Crippen molar-refractivity contribution < 1.29 is 9.53 Å². The van der Waals surface area contributed by atoms with Gasteiger partial charge in [-0.3, -0.25) is 5.32 Å². The van der Waals surface area contributed by atoms with E-state index in [0.717, 1.165) is 43.1 Å². The lowest BCUT2D eigenvalue weighted by molar-refractivity contribution is 0.0984. The number of nitrogens with zero attached hydrogens (tertiary/aromatic N) is 4. The Morgan fingerprint density at radius 3 is 3.03 bits per heavy atom. The number of urea groups is 1. The predicted molar refractivity (Wildman–Crippen MR) is 111 cm³/mol. The first kappa shape index (κ1) is 19.5. The zero-order valence-electron chi connectivity index (χ0n) is 16.9. The Kier molecular flexibility index (Phi) is 5.86. The molecule has 4 rings (SSSR count). The summed E-state index contributed by atoms with van der Waals surface area (Å²) in [7, 11) is 0. The molecule has 29 heavy (non-hydrogen) atoms. The molecule has 0 saturated carbocycles. The number of rotatable bonds is 4.